The zero-order valence-electron chi connectivity index (χ0n) is 41.5. The lowest BCUT2D eigenvalue weighted by atomic mass is 9.63. The molecule has 33 aromatic rings. The van der Waals surface area contributed by atoms with Crippen molar-refractivity contribution >= 4 is 357 Å². The van der Waals surface area contributed by atoms with Crippen molar-refractivity contribution < 1.29 is 19.1 Å². The number of benzene rings is 22. The summed E-state index contributed by atoms with van der Waals surface area (Å²) in [5.74, 6) is -0.762. The van der Waals surface area contributed by atoms with E-state index in [4.69, 9.17) is 9.47 Å². The molecule has 0 N–H and O–H groups in total. The zero-order valence-corrected chi connectivity index (χ0v) is 41.5. The molecule has 5 aliphatic carbocycles. The van der Waals surface area contributed by atoms with Crippen molar-refractivity contribution in [1.29, 1.82) is 0 Å². The van der Waals surface area contributed by atoms with Crippen LogP contribution in [0.1, 0.15) is 36.1 Å². The molecule has 0 aromatic heterocycles. The largest absolute Gasteiger partial charge is 0.465 e. The Balaban J connectivity index is 1.13. The van der Waals surface area contributed by atoms with Gasteiger partial charge in [0.1, 0.15) is 0 Å². The second-order valence-electron chi connectivity index (χ2n) is 29.2. The van der Waals surface area contributed by atoms with Crippen LogP contribution < -0.4 is 0 Å². The normalized spacial score (nSPS) is 22.1. The molecule has 4 heteroatoms. The van der Waals surface area contributed by atoms with Gasteiger partial charge in [-0.2, -0.15) is 0 Å². The molecule has 1 fully saturated rings. The van der Waals surface area contributed by atoms with Gasteiger partial charge in [0.25, 0.3) is 0 Å². The molecule has 2 spiro atoms. The topological polar surface area (TPSA) is 52.6 Å². The van der Waals surface area contributed by atoms with Crippen molar-refractivity contribution in [3.63, 3.8) is 0 Å². The third-order valence-corrected chi connectivity index (χ3v) is 29.3. The molecular weight excluding hydrogens is 989 g/mol. The summed E-state index contributed by atoms with van der Waals surface area (Å²) in [5.41, 5.74) is 1.18. The molecular formula is C77H10O4. The van der Waals surface area contributed by atoms with Gasteiger partial charge in [-0.25, -0.2) is 0 Å². The maximum atomic E-state index is 17.2. The predicted octanol–water partition coefficient (Wildman–Crippen LogP) is 19.4. The van der Waals surface area contributed by atoms with Crippen LogP contribution >= 0.6 is 0 Å². The Morgan fingerprint density at radius 2 is 0.296 bits per heavy atom. The van der Waals surface area contributed by atoms with E-state index in [2.05, 4.69) is 0 Å². The van der Waals surface area contributed by atoms with Crippen molar-refractivity contribution in [1.82, 2.24) is 0 Å². The number of esters is 2. The average molecular weight is 999 g/mol. The summed E-state index contributed by atoms with van der Waals surface area (Å²) in [4.78, 5) is 34.3. The monoisotopic (exact) mass is 998 g/mol. The highest BCUT2D eigenvalue weighted by Crippen LogP contribution is 2.96. The third kappa shape index (κ3) is 1.56. The molecule has 1 saturated carbocycles. The van der Waals surface area contributed by atoms with Crippen LogP contribution in [0, 0.1) is 5.41 Å². The van der Waals surface area contributed by atoms with Crippen molar-refractivity contribution in [3.8, 4) is 0 Å². The highest BCUT2D eigenvalue weighted by atomic mass is 16.6. The second kappa shape index (κ2) is 6.79. The van der Waals surface area contributed by atoms with Gasteiger partial charge in [-0.3, -0.25) is 9.59 Å². The molecule has 5 aliphatic rings. The molecule has 342 valence electrons. The predicted molar refractivity (Wildman–Crippen MR) is 333 cm³/mol. The molecule has 4 nitrogen and oxygen atoms in total. The van der Waals surface area contributed by atoms with Crippen molar-refractivity contribution in [2.45, 2.75) is 24.7 Å². The van der Waals surface area contributed by atoms with Gasteiger partial charge in [0.15, 0.2) is 5.41 Å². The Hall–Kier alpha value is -9.90. The number of carbonyl (C=O) groups excluding carboxylic acids is 2. The molecule has 0 bridgehead atoms. The fraction of sp³-hybridized carbons (Fsp3) is 0.0909. The minimum Gasteiger partial charge on any atom is -0.465 e. The maximum absolute atomic E-state index is 17.2. The molecule has 38 rings (SSSR count). The summed E-state index contributed by atoms with van der Waals surface area (Å²) in [6.45, 7) is 4.29. The van der Waals surface area contributed by atoms with Gasteiger partial charge in [0.2, 0.25) is 0 Å². The van der Waals surface area contributed by atoms with E-state index < -0.39 is 16.2 Å². The van der Waals surface area contributed by atoms with E-state index >= 15 is 9.59 Å². The Morgan fingerprint density at radius 1 is 0.198 bits per heavy atom. The summed E-state index contributed by atoms with van der Waals surface area (Å²) in [6, 6.07) is 0. The SMILES string of the molecule is CCOC(=O)C1(C(=O)OCC)C23c4c5c6c7c8c9c%10c(c%11c%12c2c2c4c4c%13c5c5c6c6c8c8c9c9c%14c%10c%11c%10c%11c%12c%12c2c2c4c4c%13c%13c5c5c6c6c8c8c9c9c%14c%10c%10c%11c%11c%12c2c2c4c4c%13c5c5c6c8c6c9c%10c8c%11c2c4c5c86)C713. The minimum absolute atomic E-state index is 0.186. The van der Waals surface area contributed by atoms with Crippen LogP contribution in [0.25, 0.3) is 345 Å². The van der Waals surface area contributed by atoms with Gasteiger partial charge in [-0.1, -0.05) is 0 Å². The van der Waals surface area contributed by atoms with Gasteiger partial charge in [-0.15, -0.1) is 0 Å². The van der Waals surface area contributed by atoms with E-state index in [1.165, 1.54) is 232 Å². The Kier molecular flexibility index (Phi) is 2.55. The molecule has 2 unspecified atom stereocenters. The van der Waals surface area contributed by atoms with Crippen molar-refractivity contribution in [2.24, 2.45) is 5.41 Å². The van der Waals surface area contributed by atoms with Crippen molar-refractivity contribution in [2.75, 3.05) is 13.2 Å². The number of hydrogen-bond acceptors (Lipinski definition) is 4. The maximum Gasteiger partial charge on any atom is 0.326 e. The first-order valence-electron chi connectivity index (χ1n) is 30.1. The molecule has 0 amide bonds. The van der Waals surface area contributed by atoms with Gasteiger partial charge >= 0.3 is 11.9 Å². The van der Waals surface area contributed by atoms with Crippen LogP contribution in [0.15, 0.2) is 0 Å². The van der Waals surface area contributed by atoms with Gasteiger partial charge in [0, 0.05) is 0 Å². The number of rotatable bonds is 4. The van der Waals surface area contributed by atoms with E-state index in [9.17, 15) is 0 Å². The van der Waals surface area contributed by atoms with Crippen LogP contribution in [0.4, 0.5) is 0 Å². The van der Waals surface area contributed by atoms with Gasteiger partial charge < -0.3 is 9.47 Å². The van der Waals surface area contributed by atoms with E-state index in [0.29, 0.717) is 0 Å². The first-order valence-corrected chi connectivity index (χ1v) is 30.1. The zero-order chi connectivity index (χ0) is 48.7. The van der Waals surface area contributed by atoms with E-state index in [1.54, 1.807) is 135 Å². The Labute approximate surface area is 438 Å². The third-order valence-electron chi connectivity index (χ3n) is 29.3. The highest BCUT2D eigenvalue weighted by molar-refractivity contribution is 6.84. The average Bonchev–Trinajstić information content (AvgIpc) is 1.36. The summed E-state index contributed by atoms with van der Waals surface area (Å²) < 4.78 is 13.6. The molecule has 0 saturated heterocycles. The Morgan fingerprint density at radius 3 is 0.420 bits per heavy atom. The first kappa shape index (κ1) is 30.5. The first-order chi connectivity index (χ1) is 40.2. The molecule has 81 heavy (non-hydrogen) atoms. The summed E-state index contributed by atoms with van der Waals surface area (Å²) in [7, 11) is 0. The van der Waals surface area contributed by atoms with Crippen LogP contribution in [-0.4, -0.2) is 25.2 Å². The molecule has 33 aromatic carbocycles. The van der Waals surface area contributed by atoms with Crippen LogP contribution in [-0.2, 0) is 29.9 Å². The standard InChI is InChI=1S/C77H10O4/c1-3-80-73(78)77(74(79)81-4-2)75-69-61-52-46-31-22-13-7-5-6-8-12-16-9(5)15-11(7)23-24(22)40-41-32(23)33-25(15)30-26(16)38-34-20(12)21-14(8)19-18-10(6)17(13)27(31)36-28(18)37-29(19)39-35(21)43-42(34)53-49(38)55-44(30)45(33)59-58(41)62(60(61)47(40)46)70(75)68(59)66(55)71-64(53)65-54(43)50(39)57-51(37)56(48(36)52)63(69)67(57)72(65)76(71,75)77/h3-4H2,1-2H3. The highest BCUT2D eigenvalue weighted by Gasteiger charge is 3.01. The molecule has 0 heterocycles. The fourth-order valence-electron chi connectivity index (χ4n) is 29.5. The summed E-state index contributed by atoms with van der Waals surface area (Å²) in [6.07, 6.45) is 0. The smallest absolute Gasteiger partial charge is 0.326 e. The quantitative estimate of drug-likeness (QED) is 0.0763. The molecule has 2 atom stereocenters. The number of carbonyl (C=O) groups is 2. The van der Waals surface area contributed by atoms with E-state index in [1.807, 2.05) is 13.8 Å². The molecule has 0 aliphatic heterocycles. The van der Waals surface area contributed by atoms with Crippen molar-refractivity contribution in [3.05, 3.63) is 22.3 Å². The summed E-state index contributed by atoms with van der Waals surface area (Å²) >= 11 is 0. The Bertz CT molecular complexity index is 9000. The molecule has 0 radical (unpaired) electrons. The summed E-state index contributed by atoms with van der Waals surface area (Å²) in [5, 5.41) is 95.8. The lowest BCUT2D eigenvalue weighted by Gasteiger charge is -2.37. The van der Waals surface area contributed by atoms with E-state index in [-0.39, 0.29) is 25.2 Å². The van der Waals surface area contributed by atoms with Crippen LogP contribution in [0.2, 0.25) is 0 Å². The lowest BCUT2D eigenvalue weighted by Crippen LogP contribution is -2.39. The number of ether oxygens (including phenoxy) is 2. The van der Waals surface area contributed by atoms with E-state index in [0.717, 1.165) is 0 Å². The van der Waals surface area contributed by atoms with Gasteiger partial charge in [0.05, 0.1) is 24.0 Å². The number of hydrogen-bond donors (Lipinski definition) is 0. The minimum atomic E-state index is -1.73. The lowest BCUT2D eigenvalue weighted by molar-refractivity contribution is -0.166. The van der Waals surface area contributed by atoms with Crippen LogP contribution in [0.5, 0.6) is 0 Å². The fourth-order valence-corrected chi connectivity index (χ4v) is 29.5. The van der Waals surface area contributed by atoms with Crippen LogP contribution in [0.3, 0.4) is 0 Å². The second-order valence-corrected chi connectivity index (χ2v) is 29.2. The van der Waals surface area contributed by atoms with Gasteiger partial charge in [-0.05, 0) is 381 Å².